The molecule has 2 aromatic carbocycles. The normalized spacial score (nSPS) is 14.2. The van der Waals surface area contributed by atoms with E-state index < -0.39 is 11.0 Å². The van der Waals surface area contributed by atoms with E-state index in [1.807, 2.05) is 46.8 Å². The first-order valence-corrected chi connectivity index (χ1v) is 10.2. The van der Waals surface area contributed by atoms with Gasteiger partial charge in [-0.05, 0) is 59.6 Å². The molecule has 0 aliphatic rings. The minimum atomic E-state index is -1.02. The Morgan fingerprint density at radius 3 is 1.74 bits per heavy atom. The number of hydrogen-bond acceptors (Lipinski definition) is 2. The minimum Gasteiger partial charge on any atom is -1.00 e. The highest BCUT2D eigenvalue weighted by atomic mass is 35.5. The maximum absolute atomic E-state index is 11.9. The molecule has 0 saturated heterocycles. The van der Waals surface area contributed by atoms with Crippen LogP contribution >= 0.6 is 0 Å². The zero-order valence-corrected chi connectivity index (χ0v) is 19.1. The Labute approximate surface area is 174 Å². The van der Waals surface area contributed by atoms with Crippen LogP contribution in [0.15, 0.2) is 48.5 Å². The van der Waals surface area contributed by atoms with Crippen LogP contribution in [0.5, 0.6) is 0 Å². The average Bonchev–Trinajstić information content (AvgIpc) is 2.54. The molecule has 152 valence electrons. The molecule has 0 aliphatic carbocycles. The third-order valence-corrected chi connectivity index (χ3v) is 5.63. The molecule has 0 bridgehead atoms. The highest BCUT2D eigenvalue weighted by molar-refractivity contribution is 7.84. The lowest BCUT2D eigenvalue weighted by Gasteiger charge is -2.22. The van der Waals surface area contributed by atoms with Crippen molar-refractivity contribution in [2.24, 2.45) is 5.73 Å². The molecule has 0 spiro atoms. The van der Waals surface area contributed by atoms with E-state index in [1.54, 1.807) is 0 Å². The van der Waals surface area contributed by atoms with E-state index in [0.29, 0.717) is 0 Å². The maximum Gasteiger partial charge on any atom is 0.0975 e. The van der Waals surface area contributed by atoms with Crippen LogP contribution in [-0.2, 0) is 11.0 Å². The van der Waals surface area contributed by atoms with Gasteiger partial charge in [-0.1, -0.05) is 59.7 Å². The quantitative estimate of drug-likeness (QED) is 0.812. The van der Waals surface area contributed by atoms with Gasteiger partial charge in [-0.25, -0.2) is 8.93 Å². The third kappa shape index (κ3) is 9.52. The molecule has 0 amide bonds. The molecular weight excluding hydrogens is 376 g/mol. The van der Waals surface area contributed by atoms with Crippen molar-refractivity contribution in [1.82, 2.24) is 4.72 Å². The number of aryl methyl sites for hydroxylation is 2. The standard InChI is InChI=1S/C13H21NOS.C9H13N.ClH/c1-10-7-6-8-12(9-10)11(2)14-16(15)13(3,4)5;1-7-4-3-5-9(6-7)8(2)10;/h6-9,11,14H,1-5H3;3-6,8H,10H2,1-2H3;1H/p-1/t11-,16+;8-;/m00./s1. The molecule has 2 aromatic rings. The summed E-state index contributed by atoms with van der Waals surface area (Å²) in [5.41, 5.74) is 10.6. The van der Waals surface area contributed by atoms with Gasteiger partial charge < -0.3 is 18.1 Å². The van der Waals surface area contributed by atoms with Gasteiger partial charge in [-0.3, -0.25) is 0 Å². The van der Waals surface area contributed by atoms with Crippen LogP contribution < -0.4 is 22.9 Å². The molecule has 0 aromatic heterocycles. The first-order chi connectivity index (χ1) is 12.0. The molecular formula is C22H34ClN2OS-. The maximum atomic E-state index is 11.9. The van der Waals surface area contributed by atoms with Crippen molar-refractivity contribution in [1.29, 1.82) is 0 Å². The number of nitrogens with two attached hydrogens (primary N) is 1. The van der Waals surface area contributed by atoms with Gasteiger partial charge in [0.05, 0.1) is 15.7 Å². The van der Waals surface area contributed by atoms with Crippen LogP contribution in [-0.4, -0.2) is 8.96 Å². The average molecular weight is 410 g/mol. The number of benzene rings is 2. The van der Waals surface area contributed by atoms with Gasteiger partial charge >= 0.3 is 0 Å². The predicted molar refractivity (Wildman–Crippen MR) is 114 cm³/mol. The molecule has 3 N–H and O–H groups in total. The lowest BCUT2D eigenvalue weighted by atomic mass is 10.1. The Morgan fingerprint density at radius 2 is 1.37 bits per heavy atom. The molecule has 0 radical (unpaired) electrons. The first-order valence-electron chi connectivity index (χ1n) is 9.07. The molecule has 27 heavy (non-hydrogen) atoms. The third-order valence-electron chi connectivity index (χ3n) is 3.95. The van der Waals surface area contributed by atoms with Crippen molar-refractivity contribution in [2.75, 3.05) is 0 Å². The Morgan fingerprint density at radius 1 is 0.926 bits per heavy atom. The smallest absolute Gasteiger partial charge is 0.0975 e. The van der Waals surface area contributed by atoms with Crippen molar-refractivity contribution in [3.05, 3.63) is 70.8 Å². The van der Waals surface area contributed by atoms with Crippen molar-refractivity contribution in [3.8, 4) is 0 Å². The topological polar surface area (TPSA) is 55.1 Å². The second-order valence-electron chi connectivity index (χ2n) is 7.84. The number of rotatable bonds is 4. The van der Waals surface area contributed by atoms with Crippen LogP contribution in [0.25, 0.3) is 0 Å². The summed E-state index contributed by atoms with van der Waals surface area (Å²) in [6, 6.07) is 16.8. The van der Waals surface area contributed by atoms with Gasteiger partial charge in [0, 0.05) is 12.1 Å². The van der Waals surface area contributed by atoms with Gasteiger partial charge in [0.15, 0.2) is 0 Å². The van der Waals surface area contributed by atoms with E-state index in [0.717, 1.165) is 0 Å². The van der Waals surface area contributed by atoms with Crippen molar-refractivity contribution < 1.29 is 16.6 Å². The molecule has 0 unspecified atom stereocenters. The Kier molecular flexibility index (Phi) is 11.1. The van der Waals surface area contributed by atoms with Crippen LogP contribution in [0, 0.1) is 13.8 Å². The fourth-order valence-corrected chi connectivity index (χ4v) is 3.11. The van der Waals surface area contributed by atoms with Gasteiger partial charge in [0.25, 0.3) is 0 Å². The highest BCUT2D eigenvalue weighted by Crippen LogP contribution is 2.17. The molecule has 3 nitrogen and oxygen atoms in total. The van der Waals surface area contributed by atoms with Gasteiger partial charge in [0.2, 0.25) is 0 Å². The van der Waals surface area contributed by atoms with Crippen molar-refractivity contribution in [2.45, 2.75) is 65.3 Å². The second kappa shape index (κ2) is 11.6. The van der Waals surface area contributed by atoms with Gasteiger partial charge in [0.1, 0.15) is 0 Å². The van der Waals surface area contributed by atoms with Crippen LogP contribution in [0.3, 0.4) is 0 Å². The summed E-state index contributed by atoms with van der Waals surface area (Å²) in [6.07, 6.45) is 0. The second-order valence-corrected chi connectivity index (χ2v) is 9.84. The summed E-state index contributed by atoms with van der Waals surface area (Å²) >= 11 is 0. The SMILES string of the molecule is Cc1cccc([C@H](C)N)c1.Cc1cccc([C@H](C)N[S@](=O)C(C)(C)C)c1.[Cl-]. The largest absolute Gasteiger partial charge is 1.00 e. The zero-order chi connectivity index (χ0) is 19.9. The van der Waals surface area contributed by atoms with Crippen molar-refractivity contribution >= 4 is 11.0 Å². The van der Waals surface area contributed by atoms with E-state index in [4.69, 9.17) is 5.73 Å². The molecule has 0 heterocycles. The number of halogens is 1. The van der Waals surface area contributed by atoms with Crippen molar-refractivity contribution in [3.63, 3.8) is 0 Å². The van der Waals surface area contributed by atoms with E-state index in [9.17, 15) is 4.21 Å². The number of nitrogens with one attached hydrogen (secondary N) is 1. The first kappa shape index (κ1) is 25.8. The van der Waals surface area contributed by atoms with E-state index >= 15 is 0 Å². The Hall–Kier alpha value is -1.20. The molecule has 0 fully saturated rings. The summed E-state index contributed by atoms with van der Waals surface area (Å²) in [6.45, 7) is 14.1. The molecule has 2 rings (SSSR count). The van der Waals surface area contributed by atoms with E-state index in [1.165, 1.54) is 22.3 Å². The molecule has 3 atom stereocenters. The molecule has 0 saturated carbocycles. The Balaban J connectivity index is 0.000000531. The summed E-state index contributed by atoms with van der Waals surface area (Å²) in [4.78, 5) is 0. The van der Waals surface area contributed by atoms with E-state index in [2.05, 4.69) is 55.0 Å². The fourth-order valence-electron chi connectivity index (χ4n) is 2.30. The lowest BCUT2D eigenvalue weighted by Crippen LogP contribution is -3.00. The summed E-state index contributed by atoms with van der Waals surface area (Å²) in [5.74, 6) is 0. The van der Waals surface area contributed by atoms with Gasteiger partial charge in [-0.2, -0.15) is 0 Å². The van der Waals surface area contributed by atoms with Gasteiger partial charge in [-0.15, -0.1) is 0 Å². The summed E-state index contributed by atoms with van der Waals surface area (Å²) in [7, 11) is -1.02. The lowest BCUT2D eigenvalue weighted by molar-refractivity contribution is -0.00000718. The number of hydrogen-bond donors (Lipinski definition) is 2. The predicted octanol–water partition coefficient (Wildman–Crippen LogP) is 2.13. The van der Waals surface area contributed by atoms with E-state index in [-0.39, 0.29) is 29.2 Å². The van der Waals surface area contributed by atoms with Crippen LogP contribution in [0.2, 0.25) is 0 Å². The summed E-state index contributed by atoms with van der Waals surface area (Å²) in [5, 5.41) is 0. The monoisotopic (exact) mass is 409 g/mol. The minimum absolute atomic E-state index is 0. The fraction of sp³-hybridized carbons (Fsp3) is 0.455. The molecule has 5 heteroatoms. The van der Waals surface area contributed by atoms with Crippen LogP contribution in [0.4, 0.5) is 0 Å². The van der Waals surface area contributed by atoms with Crippen LogP contribution in [0.1, 0.15) is 69.0 Å². The highest BCUT2D eigenvalue weighted by Gasteiger charge is 2.21. The summed E-state index contributed by atoms with van der Waals surface area (Å²) < 4.78 is 14.8. The Bertz CT molecular complexity index is 726. The zero-order valence-electron chi connectivity index (χ0n) is 17.5. The molecule has 0 aliphatic heterocycles.